The summed E-state index contributed by atoms with van der Waals surface area (Å²) >= 11 is 0. The first-order valence-corrected chi connectivity index (χ1v) is 11.0. The van der Waals surface area contributed by atoms with Crippen LogP contribution in [-0.2, 0) is 6.54 Å². The van der Waals surface area contributed by atoms with E-state index in [4.69, 9.17) is 25.4 Å². The number of hydrogen-bond acceptors (Lipinski definition) is 6. The predicted octanol–water partition coefficient (Wildman–Crippen LogP) is 3.95. The number of hydrogen-bond donors (Lipinski definition) is 1. The van der Waals surface area contributed by atoms with Gasteiger partial charge < -0.3 is 24.1 Å². The molecule has 0 atom stereocenters. The van der Waals surface area contributed by atoms with Gasteiger partial charge >= 0.3 is 0 Å². The number of likely N-dealkylation sites (tertiary alicyclic amines) is 1. The molecule has 0 bridgehead atoms. The van der Waals surface area contributed by atoms with Gasteiger partial charge in [0, 0.05) is 13.2 Å². The maximum absolute atomic E-state index is 9.47. The van der Waals surface area contributed by atoms with Gasteiger partial charge in [-0.05, 0) is 89.3 Å². The average Bonchev–Trinajstić information content (AvgIpc) is 3.29. The van der Waals surface area contributed by atoms with E-state index in [0.29, 0.717) is 17.4 Å². The molecule has 0 amide bonds. The summed E-state index contributed by atoms with van der Waals surface area (Å²) < 4.78 is 22.7. The molecule has 2 aliphatic heterocycles. The molecule has 1 fully saturated rings. The Morgan fingerprint density at radius 2 is 1.78 bits per heavy atom. The quantitative estimate of drug-likeness (QED) is 0.469. The van der Waals surface area contributed by atoms with Crippen molar-refractivity contribution in [3.05, 3.63) is 35.9 Å². The summed E-state index contributed by atoms with van der Waals surface area (Å²) in [6, 6.07) is 10.4. The Morgan fingerprint density at radius 1 is 1.03 bits per heavy atom. The lowest BCUT2D eigenvalue weighted by Crippen LogP contribution is -2.34. The second kappa shape index (κ2) is 8.78. The van der Waals surface area contributed by atoms with Crippen LogP contribution in [-0.4, -0.2) is 50.2 Å². The average molecular weight is 434 g/mol. The summed E-state index contributed by atoms with van der Waals surface area (Å²) in [6.07, 6.45) is 7.45. The number of rotatable bonds is 6. The normalized spacial score (nSPS) is 16.4. The molecule has 0 spiro atoms. The number of ether oxygens (including phenoxy) is 4. The van der Waals surface area contributed by atoms with Crippen LogP contribution in [0.1, 0.15) is 18.4 Å². The summed E-state index contributed by atoms with van der Waals surface area (Å²) in [5.41, 5.74) is 1.21. The van der Waals surface area contributed by atoms with Crippen LogP contribution in [0.3, 0.4) is 0 Å². The Bertz CT molecular complexity index is 1190. The van der Waals surface area contributed by atoms with E-state index in [1.54, 1.807) is 7.11 Å². The van der Waals surface area contributed by atoms with Gasteiger partial charge in [-0.15, -0.1) is 6.42 Å². The molecule has 0 saturated carbocycles. The van der Waals surface area contributed by atoms with E-state index >= 15 is 0 Å². The van der Waals surface area contributed by atoms with Gasteiger partial charge in [-0.2, -0.15) is 0 Å². The number of benzene rings is 3. The molecule has 1 N–H and O–H groups in total. The van der Waals surface area contributed by atoms with Gasteiger partial charge in [0.1, 0.15) is 6.61 Å². The molecule has 2 aliphatic rings. The number of nitrogens with zero attached hydrogens (tertiary/aromatic N) is 1. The third kappa shape index (κ3) is 3.79. The highest BCUT2D eigenvalue weighted by Crippen LogP contribution is 2.43. The first kappa shape index (κ1) is 20.7. The number of aliphatic hydroxyl groups excluding tert-OH is 1. The highest BCUT2D eigenvalue weighted by molar-refractivity contribution is 6.11. The monoisotopic (exact) mass is 433 g/mol. The van der Waals surface area contributed by atoms with Crippen molar-refractivity contribution < 1.29 is 24.1 Å². The first-order chi connectivity index (χ1) is 15.7. The van der Waals surface area contributed by atoms with E-state index in [-0.39, 0.29) is 20.0 Å². The van der Waals surface area contributed by atoms with Gasteiger partial charge in [-0.25, -0.2) is 0 Å². The summed E-state index contributed by atoms with van der Waals surface area (Å²) in [5.74, 6) is 5.74. The van der Waals surface area contributed by atoms with Crippen molar-refractivity contribution in [2.45, 2.75) is 19.4 Å². The predicted molar refractivity (Wildman–Crippen MR) is 124 cm³/mol. The lowest BCUT2D eigenvalue weighted by atomic mass is 9.94. The van der Waals surface area contributed by atoms with E-state index in [9.17, 15) is 5.11 Å². The van der Waals surface area contributed by atoms with Crippen molar-refractivity contribution >= 4 is 21.5 Å². The number of methoxy groups -OCH3 is 1. The van der Waals surface area contributed by atoms with Crippen LogP contribution in [0, 0.1) is 18.3 Å². The topological polar surface area (TPSA) is 60.4 Å². The summed E-state index contributed by atoms with van der Waals surface area (Å²) in [4.78, 5) is 2.45. The second-order valence-corrected chi connectivity index (χ2v) is 8.41. The van der Waals surface area contributed by atoms with Crippen LogP contribution in [0.5, 0.6) is 23.0 Å². The fourth-order valence-electron chi connectivity index (χ4n) is 4.71. The van der Waals surface area contributed by atoms with Crippen LogP contribution in [0.25, 0.3) is 21.5 Å². The van der Waals surface area contributed by atoms with E-state index in [0.717, 1.165) is 65.5 Å². The molecule has 166 valence electrons. The Balaban J connectivity index is 1.64. The van der Waals surface area contributed by atoms with E-state index in [2.05, 4.69) is 16.9 Å². The van der Waals surface area contributed by atoms with Crippen LogP contribution in [0.2, 0.25) is 0 Å². The Labute approximate surface area is 187 Å². The van der Waals surface area contributed by atoms with Crippen molar-refractivity contribution in [3.63, 3.8) is 0 Å². The summed E-state index contributed by atoms with van der Waals surface area (Å²) in [5, 5.41) is 13.8. The van der Waals surface area contributed by atoms with Crippen LogP contribution < -0.4 is 18.9 Å². The minimum Gasteiger partial charge on any atom is -0.493 e. The number of piperidine rings is 1. The Kier molecular flexibility index (Phi) is 5.69. The molecule has 6 heteroatoms. The maximum atomic E-state index is 9.47. The number of aliphatic hydroxyl groups is 1. The fraction of sp³-hybridized carbons (Fsp3) is 0.385. The molecule has 3 aromatic rings. The van der Waals surface area contributed by atoms with E-state index < -0.39 is 0 Å². The summed E-state index contributed by atoms with van der Waals surface area (Å²) in [7, 11) is 1.63. The van der Waals surface area contributed by atoms with Crippen LogP contribution >= 0.6 is 0 Å². The molecule has 0 aromatic heterocycles. The van der Waals surface area contributed by atoms with Gasteiger partial charge in [-0.3, -0.25) is 4.90 Å². The molecule has 3 aromatic carbocycles. The highest BCUT2D eigenvalue weighted by atomic mass is 16.7. The first-order valence-electron chi connectivity index (χ1n) is 11.0. The molecule has 6 nitrogen and oxygen atoms in total. The minimum atomic E-state index is 0.179. The van der Waals surface area contributed by atoms with E-state index in [1.165, 1.54) is 5.56 Å². The number of terminal acetylenes is 1. The van der Waals surface area contributed by atoms with Gasteiger partial charge in [0.15, 0.2) is 23.0 Å². The van der Waals surface area contributed by atoms with Crippen molar-refractivity contribution in [1.82, 2.24) is 4.90 Å². The van der Waals surface area contributed by atoms with Gasteiger partial charge in [0.25, 0.3) is 0 Å². The number of fused-ring (bicyclic) bond motifs is 4. The van der Waals surface area contributed by atoms with Crippen molar-refractivity contribution in [1.29, 1.82) is 0 Å². The molecule has 32 heavy (non-hydrogen) atoms. The van der Waals surface area contributed by atoms with Crippen molar-refractivity contribution in [3.8, 4) is 35.3 Å². The zero-order valence-electron chi connectivity index (χ0n) is 18.2. The van der Waals surface area contributed by atoms with Gasteiger partial charge in [0.05, 0.1) is 7.11 Å². The molecule has 5 rings (SSSR count). The molecular formula is C26H27NO5. The molecule has 0 aliphatic carbocycles. The third-order valence-electron chi connectivity index (χ3n) is 6.48. The molecule has 0 unspecified atom stereocenters. The second-order valence-electron chi connectivity index (χ2n) is 8.41. The lowest BCUT2D eigenvalue weighted by molar-refractivity contribution is 0.127. The van der Waals surface area contributed by atoms with E-state index in [1.807, 2.05) is 24.3 Å². The Morgan fingerprint density at radius 3 is 2.50 bits per heavy atom. The zero-order chi connectivity index (χ0) is 22.1. The maximum Gasteiger partial charge on any atom is 0.231 e. The third-order valence-corrected chi connectivity index (χ3v) is 6.48. The van der Waals surface area contributed by atoms with Gasteiger partial charge in [-0.1, -0.05) is 5.92 Å². The molecular weight excluding hydrogens is 406 g/mol. The molecule has 2 heterocycles. The van der Waals surface area contributed by atoms with Crippen molar-refractivity contribution in [2.24, 2.45) is 5.92 Å². The smallest absolute Gasteiger partial charge is 0.231 e. The zero-order valence-corrected chi connectivity index (χ0v) is 18.2. The molecule has 0 radical (unpaired) electrons. The fourth-order valence-corrected chi connectivity index (χ4v) is 4.71. The SMILES string of the molecule is C#CCOc1cc2c(CN3CCC(CO)CC3)cc3cc4c(cc3c2cc1OC)OCO4. The minimum absolute atomic E-state index is 0.179. The van der Waals surface area contributed by atoms with Crippen LogP contribution in [0.15, 0.2) is 30.3 Å². The highest BCUT2D eigenvalue weighted by Gasteiger charge is 2.22. The molecule has 1 saturated heterocycles. The summed E-state index contributed by atoms with van der Waals surface area (Å²) in [6.45, 7) is 3.46. The van der Waals surface area contributed by atoms with Gasteiger partial charge in [0.2, 0.25) is 6.79 Å². The lowest BCUT2D eigenvalue weighted by Gasteiger charge is -2.31. The van der Waals surface area contributed by atoms with Crippen molar-refractivity contribution in [2.75, 3.05) is 40.2 Å². The largest absolute Gasteiger partial charge is 0.493 e. The standard InChI is InChI=1S/C26H27NO5/c1-3-8-30-25-12-21-19(14-27-6-4-17(15-28)5-7-27)9-18-10-24-26(32-16-31-24)11-20(18)22(21)13-23(25)29-2/h1,9-13,17,28H,4-8,14-16H2,2H3. The Hall–Kier alpha value is -3.14. The van der Waals surface area contributed by atoms with Crippen LogP contribution in [0.4, 0.5) is 0 Å².